The lowest BCUT2D eigenvalue weighted by Crippen LogP contribution is -2.41. The minimum atomic E-state index is -0.181. The standard InChI is InChI=1S/C20H25FN4O/c1-14-6-4-5-10-25(14)20-22-18-13-24(11-9-16(18)19(26)23-20)12-15-7-2-3-8-17(15)21/h2-3,7-8,14H,4-6,9-13H2,1H3,(H,22,23,26). The SMILES string of the molecule is CC1CCCCN1c1nc2c(c(=O)[nH]1)CCN(Cc1ccccc1F)C2. The quantitative estimate of drug-likeness (QED) is 0.919. The Balaban J connectivity index is 1.57. The van der Waals surface area contributed by atoms with E-state index in [0.717, 1.165) is 37.2 Å². The van der Waals surface area contributed by atoms with Gasteiger partial charge in [-0.05, 0) is 38.7 Å². The maximum absolute atomic E-state index is 14.0. The number of anilines is 1. The number of fused-ring (bicyclic) bond motifs is 1. The summed E-state index contributed by atoms with van der Waals surface area (Å²) in [7, 11) is 0. The largest absolute Gasteiger partial charge is 0.340 e. The fourth-order valence-corrected chi connectivity index (χ4v) is 4.03. The third-order valence-corrected chi connectivity index (χ3v) is 5.57. The van der Waals surface area contributed by atoms with Gasteiger partial charge in [-0.25, -0.2) is 9.37 Å². The summed E-state index contributed by atoms with van der Waals surface area (Å²) in [5.41, 5.74) is 2.28. The molecule has 0 amide bonds. The number of halogens is 1. The number of piperidine rings is 1. The fraction of sp³-hybridized carbons (Fsp3) is 0.500. The highest BCUT2D eigenvalue weighted by molar-refractivity contribution is 5.36. The number of nitrogens with one attached hydrogen (secondary N) is 1. The average molecular weight is 356 g/mol. The summed E-state index contributed by atoms with van der Waals surface area (Å²) in [6.07, 6.45) is 4.13. The topological polar surface area (TPSA) is 52.2 Å². The van der Waals surface area contributed by atoms with Crippen molar-refractivity contribution in [3.8, 4) is 0 Å². The van der Waals surface area contributed by atoms with Gasteiger partial charge in [-0.3, -0.25) is 14.7 Å². The Morgan fingerprint density at radius 1 is 1.27 bits per heavy atom. The zero-order chi connectivity index (χ0) is 18.1. The first-order valence-electron chi connectivity index (χ1n) is 9.46. The van der Waals surface area contributed by atoms with E-state index in [0.29, 0.717) is 37.1 Å². The van der Waals surface area contributed by atoms with Crippen molar-refractivity contribution in [2.45, 2.75) is 51.7 Å². The molecule has 1 atom stereocenters. The number of H-pyrrole nitrogens is 1. The van der Waals surface area contributed by atoms with Gasteiger partial charge >= 0.3 is 0 Å². The summed E-state index contributed by atoms with van der Waals surface area (Å²) in [6.45, 7) is 4.98. The van der Waals surface area contributed by atoms with E-state index in [2.05, 4.69) is 21.7 Å². The molecule has 1 saturated heterocycles. The highest BCUT2D eigenvalue weighted by Crippen LogP contribution is 2.23. The Bertz CT molecular complexity index is 850. The van der Waals surface area contributed by atoms with Crippen LogP contribution >= 0.6 is 0 Å². The van der Waals surface area contributed by atoms with Crippen LogP contribution in [0.3, 0.4) is 0 Å². The van der Waals surface area contributed by atoms with Crippen LogP contribution in [-0.4, -0.2) is 34.0 Å². The molecule has 138 valence electrons. The van der Waals surface area contributed by atoms with Gasteiger partial charge in [-0.2, -0.15) is 0 Å². The molecule has 1 aromatic carbocycles. The Morgan fingerprint density at radius 3 is 2.92 bits per heavy atom. The molecule has 1 aromatic heterocycles. The van der Waals surface area contributed by atoms with Crippen molar-refractivity contribution < 1.29 is 4.39 Å². The number of rotatable bonds is 3. The van der Waals surface area contributed by atoms with Crippen LogP contribution in [0.4, 0.5) is 10.3 Å². The van der Waals surface area contributed by atoms with Crippen LogP contribution in [0.15, 0.2) is 29.1 Å². The summed E-state index contributed by atoms with van der Waals surface area (Å²) in [5.74, 6) is 0.508. The molecule has 5 nitrogen and oxygen atoms in total. The Morgan fingerprint density at radius 2 is 2.12 bits per heavy atom. The van der Waals surface area contributed by atoms with E-state index in [1.165, 1.54) is 12.5 Å². The minimum absolute atomic E-state index is 0.0201. The first kappa shape index (κ1) is 17.2. The molecule has 2 aromatic rings. The van der Waals surface area contributed by atoms with Gasteiger partial charge in [0.15, 0.2) is 0 Å². The van der Waals surface area contributed by atoms with Crippen molar-refractivity contribution in [2.24, 2.45) is 0 Å². The van der Waals surface area contributed by atoms with Crippen molar-refractivity contribution in [1.29, 1.82) is 0 Å². The van der Waals surface area contributed by atoms with E-state index in [1.54, 1.807) is 6.07 Å². The molecular weight excluding hydrogens is 331 g/mol. The molecule has 4 rings (SSSR count). The lowest BCUT2D eigenvalue weighted by molar-refractivity contribution is 0.237. The lowest BCUT2D eigenvalue weighted by atomic mass is 10.0. The van der Waals surface area contributed by atoms with Crippen molar-refractivity contribution >= 4 is 5.95 Å². The number of hydrogen-bond donors (Lipinski definition) is 1. The van der Waals surface area contributed by atoms with E-state index in [4.69, 9.17) is 4.98 Å². The molecule has 0 bridgehead atoms. The van der Waals surface area contributed by atoms with Crippen molar-refractivity contribution in [3.05, 3.63) is 57.3 Å². The molecule has 6 heteroatoms. The number of hydrogen-bond acceptors (Lipinski definition) is 4. The van der Waals surface area contributed by atoms with Crippen LogP contribution in [0.5, 0.6) is 0 Å². The van der Waals surface area contributed by atoms with E-state index < -0.39 is 0 Å². The summed E-state index contributed by atoms with van der Waals surface area (Å²) in [5, 5.41) is 0. The van der Waals surface area contributed by atoms with E-state index >= 15 is 0 Å². The average Bonchev–Trinajstić information content (AvgIpc) is 2.64. The van der Waals surface area contributed by atoms with Crippen molar-refractivity contribution in [1.82, 2.24) is 14.9 Å². The molecule has 3 heterocycles. The maximum Gasteiger partial charge on any atom is 0.255 e. The normalized spacial score (nSPS) is 20.8. The maximum atomic E-state index is 14.0. The minimum Gasteiger partial charge on any atom is -0.340 e. The molecular formula is C20H25FN4O. The fourth-order valence-electron chi connectivity index (χ4n) is 4.03. The molecule has 0 spiro atoms. The van der Waals surface area contributed by atoms with Gasteiger partial charge < -0.3 is 4.90 Å². The van der Waals surface area contributed by atoms with Gasteiger partial charge in [0.25, 0.3) is 5.56 Å². The molecule has 2 aliphatic heterocycles. The summed E-state index contributed by atoms with van der Waals surface area (Å²) in [4.78, 5) is 24.7. The third-order valence-electron chi connectivity index (χ3n) is 5.57. The van der Waals surface area contributed by atoms with Gasteiger partial charge in [0.2, 0.25) is 5.95 Å². The summed E-state index contributed by atoms with van der Waals surface area (Å²) >= 11 is 0. The molecule has 1 unspecified atom stereocenters. The first-order valence-corrected chi connectivity index (χ1v) is 9.46. The zero-order valence-corrected chi connectivity index (χ0v) is 15.2. The van der Waals surface area contributed by atoms with Crippen LogP contribution in [0, 0.1) is 5.82 Å². The predicted octanol–water partition coefficient (Wildman–Crippen LogP) is 2.85. The molecule has 1 fully saturated rings. The van der Waals surface area contributed by atoms with Gasteiger partial charge in [-0.15, -0.1) is 0 Å². The molecule has 2 aliphatic rings. The van der Waals surface area contributed by atoms with E-state index in [1.807, 2.05) is 12.1 Å². The molecule has 1 N–H and O–H groups in total. The monoisotopic (exact) mass is 356 g/mol. The molecule has 0 aliphatic carbocycles. The van der Waals surface area contributed by atoms with Crippen LogP contribution in [0.25, 0.3) is 0 Å². The highest BCUT2D eigenvalue weighted by Gasteiger charge is 2.25. The van der Waals surface area contributed by atoms with Gasteiger partial charge in [0, 0.05) is 43.3 Å². The second-order valence-corrected chi connectivity index (χ2v) is 7.41. The van der Waals surface area contributed by atoms with Crippen LogP contribution < -0.4 is 10.5 Å². The van der Waals surface area contributed by atoms with E-state index in [-0.39, 0.29) is 11.4 Å². The Labute approximate surface area is 152 Å². The molecule has 0 radical (unpaired) electrons. The summed E-state index contributed by atoms with van der Waals surface area (Å²) < 4.78 is 14.0. The van der Waals surface area contributed by atoms with Crippen LogP contribution in [0.2, 0.25) is 0 Å². The van der Waals surface area contributed by atoms with Gasteiger partial charge in [0.05, 0.1) is 5.69 Å². The molecule has 0 saturated carbocycles. The number of aromatic nitrogens is 2. The zero-order valence-electron chi connectivity index (χ0n) is 15.2. The second-order valence-electron chi connectivity index (χ2n) is 7.41. The third kappa shape index (κ3) is 3.38. The van der Waals surface area contributed by atoms with Crippen molar-refractivity contribution in [2.75, 3.05) is 18.0 Å². The first-order chi connectivity index (χ1) is 12.6. The summed E-state index contributed by atoms with van der Waals surface area (Å²) in [6, 6.07) is 7.26. The van der Waals surface area contributed by atoms with Crippen molar-refractivity contribution in [3.63, 3.8) is 0 Å². The lowest BCUT2D eigenvalue weighted by Gasteiger charge is -2.35. The highest BCUT2D eigenvalue weighted by atomic mass is 19.1. The van der Waals surface area contributed by atoms with Gasteiger partial charge in [-0.1, -0.05) is 18.2 Å². The van der Waals surface area contributed by atoms with E-state index in [9.17, 15) is 9.18 Å². The number of benzene rings is 1. The Hall–Kier alpha value is -2.21. The van der Waals surface area contributed by atoms with Crippen LogP contribution in [-0.2, 0) is 19.5 Å². The number of aromatic amines is 1. The number of nitrogens with zero attached hydrogens (tertiary/aromatic N) is 3. The second kappa shape index (κ2) is 7.19. The Kier molecular flexibility index (Phi) is 4.76. The molecule has 26 heavy (non-hydrogen) atoms. The predicted molar refractivity (Wildman–Crippen MR) is 99.7 cm³/mol. The van der Waals surface area contributed by atoms with Gasteiger partial charge in [0.1, 0.15) is 5.82 Å². The smallest absolute Gasteiger partial charge is 0.255 e. The van der Waals surface area contributed by atoms with Crippen LogP contribution in [0.1, 0.15) is 43.0 Å².